The number of hydrogen-bond donors (Lipinski definition) is 0. The van der Waals surface area contributed by atoms with Crippen molar-refractivity contribution in [3.63, 3.8) is 0 Å². The summed E-state index contributed by atoms with van der Waals surface area (Å²) in [6.07, 6.45) is 2.74. The minimum absolute atomic E-state index is 0.0406. The average molecular weight is 420 g/mol. The summed E-state index contributed by atoms with van der Waals surface area (Å²) in [6.45, 7) is 1.86. The van der Waals surface area contributed by atoms with Gasteiger partial charge in [0.25, 0.3) is 5.91 Å². The molecule has 0 bridgehead atoms. The van der Waals surface area contributed by atoms with Gasteiger partial charge in [-0.1, -0.05) is 29.8 Å². The van der Waals surface area contributed by atoms with Crippen molar-refractivity contribution in [1.82, 2.24) is 14.2 Å². The molecule has 1 aromatic heterocycles. The number of sulfonamides is 1. The van der Waals surface area contributed by atoms with Gasteiger partial charge in [-0.25, -0.2) is 8.42 Å². The third-order valence-corrected chi connectivity index (χ3v) is 8.24. The van der Waals surface area contributed by atoms with Crippen LogP contribution >= 0.6 is 11.6 Å². The van der Waals surface area contributed by atoms with Gasteiger partial charge in [0.1, 0.15) is 5.69 Å². The fourth-order valence-electron chi connectivity index (χ4n) is 4.10. The molecule has 0 saturated carbocycles. The van der Waals surface area contributed by atoms with Crippen LogP contribution in [0.1, 0.15) is 28.9 Å². The Labute approximate surface area is 170 Å². The predicted octanol–water partition coefficient (Wildman–Crippen LogP) is 2.80. The number of hydrogen-bond acceptors (Lipinski definition) is 4. The molecule has 8 heteroatoms. The number of nitrogens with zero attached hydrogens (tertiary/aromatic N) is 3. The lowest BCUT2D eigenvalue weighted by Crippen LogP contribution is -2.35. The topological polar surface area (TPSA) is 70.6 Å². The Morgan fingerprint density at radius 2 is 1.86 bits per heavy atom. The minimum atomic E-state index is -3.39. The summed E-state index contributed by atoms with van der Waals surface area (Å²) < 4.78 is 27.7. The van der Waals surface area contributed by atoms with Gasteiger partial charge < -0.3 is 4.90 Å². The van der Waals surface area contributed by atoms with Gasteiger partial charge in [0, 0.05) is 37.4 Å². The van der Waals surface area contributed by atoms with Crippen LogP contribution in [0.5, 0.6) is 0 Å². The maximum absolute atomic E-state index is 13.1. The summed E-state index contributed by atoms with van der Waals surface area (Å²) in [6, 6.07) is 12.5. The van der Waals surface area contributed by atoms with Gasteiger partial charge in [-0.05, 0) is 48.6 Å². The minimum Gasteiger partial charge on any atom is -0.337 e. The van der Waals surface area contributed by atoms with Crippen molar-refractivity contribution >= 4 is 27.5 Å². The first-order valence-electron chi connectivity index (χ1n) is 9.39. The molecule has 0 radical (unpaired) electrons. The Kier molecular flexibility index (Phi) is 5.40. The lowest BCUT2D eigenvalue weighted by atomic mass is 10.0. The van der Waals surface area contributed by atoms with Gasteiger partial charge in [0.2, 0.25) is 10.0 Å². The molecule has 0 unspecified atom stereocenters. The van der Waals surface area contributed by atoms with Crippen molar-refractivity contribution < 1.29 is 13.2 Å². The van der Waals surface area contributed by atoms with E-state index in [0.717, 1.165) is 5.56 Å². The van der Waals surface area contributed by atoms with Gasteiger partial charge >= 0.3 is 0 Å². The van der Waals surface area contributed by atoms with Crippen LogP contribution in [0.3, 0.4) is 0 Å². The summed E-state index contributed by atoms with van der Waals surface area (Å²) >= 11 is 5.92. The first-order chi connectivity index (χ1) is 13.4. The van der Waals surface area contributed by atoms with E-state index in [-0.39, 0.29) is 11.8 Å². The molecule has 1 amide bonds. The highest BCUT2D eigenvalue weighted by Crippen LogP contribution is 2.35. The van der Waals surface area contributed by atoms with Crippen LogP contribution in [0.2, 0.25) is 5.02 Å². The Bertz CT molecular complexity index is 950. The average Bonchev–Trinajstić information content (AvgIpc) is 2.84. The molecular weight excluding hydrogens is 398 g/mol. The van der Waals surface area contributed by atoms with Crippen LogP contribution in [-0.2, 0) is 16.6 Å². The molecule has 2 aromatic rings. The number of fused-ring (bicyclic) bond motifs is 1. The maximum Gasteiger partial charge on any atom is 0.272 e. The molecule has 2 fully saturated rings. The molecule has 3 heterocycles. The lowest BCUT2D eigenvalue weighted by molar-refractivity contribution is 0.0753. The molecule has 2 saturated heterocycles. The second-order valence-electron chi connectivity index (χ2n) is 7.35. The third-order valence-electron chi connectivity index (χ3n) is 5.60. The molecule has 28 heavy (non-hydrogen) atoms. The number of benzene rings is 1. The van der Waals surface area contributed by atoms with Crippen molar-refractivity contribution in [3.8, 4) is 0 Å². The van der Waals surface area contributed by atoms with Crippen molar-refractivity contribution in [3.05, 3.63) is 64.9 Å². The van der Waals surface area contributed by atoms with Crippen molar-refractivity contribution in [2.45, 2.75) is 24.6 Å². The Morgan fingerprint density at radius 3 is 2.57 bits per heavy atom. The van der Waals surface area contributed by atoms with Crippen LogP contribution in [0.15, 0.2) is 48.7 Å². The molecule has 2 aliphatic rings. The van der Waals surface area contributed by atoms with Crippen LogP contribution in [0.4, 0.5) is 0 Å². The number of rotatable bonds is 3. The molecule has 6 nitrogen and oxygen atoms in total. The molecule has 2 atom stereocenters. The molecule has 4 rings (SSSR count). The van der Waals surface area contributed by atoms with E-state index in [1.165, 1.54) is 0 Å². The number of carbonyl (C=O) groups is 1. The predicted molar refractivity (Wildman–Crippen MR) is 107 cm³/mol. The van der Waals surface area contributed by atoms with E-state index in [2.05, 4.69) is 4.98 Å². The number of aromatic nitrogens is 1. The van der Waals surface area contributed by atoms with E-state index >= 15 is 0 Å². The summed E-state index contributed by atoms with van der Waals surface area (Å²) in [5.41, 5.74) is 1.33. The first-order valence-corrected chi connectivity index (χ1v) is 11.3. The fourth-order valence-corrected chi connectivity index (χ4v) is 6.45. The van der Waals surface area contributed by atoms with Gasteiger partial charge in [0.05, 0.1) is 5.25 Å². The normalized spacial score (nSPS) is 24.5. The first kappa shape index (κ1) is 19.4. The number of amides is 1. The smallest absolute Gasteiger partial charge is 0.272 e. The number of halogens is 1. The van der Waals surface area contributed by atoms with E-state index in [9.17, 15) is 13.2 Å². The summed E-state index contributed by atoms with van der Waals surface area (Å²) in [5.74, 6) is -0.0881. The quantitative estimate of drug-likeness (QED) is 0.767. The third kappa shape index (κ3) is 3.79. The standard InChI is InChI=1S/C20H22ClN3O3S/c21-17-6-4-15(5-7-17)13-24-14-16-8-11-23(12-9-19(16)28(24,26)27)20(25)18-3-1-2-10-22-18/h1-7,10,16,19H,8-9,11-14H2/t16-,19-/m1/s1. The monoisotopic (exact) mass is 419 g/mol. The molecule has 0 N–H and O–H groups in total. The summed E-state index contributed by atoms with van der Waals surface area (Å²) in [4.78, 5) is 18.5. The number of pyridine rings is 1. The fraction of sp³-hybridized carbons (Fsp3) is 0.400. The van der Waals surface area contributed by atoms with E-state index in [1.807, 2.05) is 12.1 Å². The zero-order chi connectivity index (χ0) is 19.7. The Balaban J connectivity index is 1.46. The van der Waals surface area contributed by atoms with E-state index in [4.69, 9.17) is 11.6 Å². The van der Waals surface area contributed by atoms with Gasteiger partial charge in [-0.15, -0.1) is 0 Å². The summed E-state index contributed by atoms with van der Waals surface area (Å²) in [7, 11) is -3.39. The largest absolute Gasteiger partial charge is 0.337 e. The van der Waals surface area contributed by atoms with Gasteiger partial charge in [-0.3, -0.25) is 9.78 Å². The van der Waals surface area contributed by atoms with Gasteiger partial charge in [0.15, 0.2) is 0 Å². The van der Waals surface area contributed by atoms with Crippen molar-refractivity contribution in [1.29, 1.82) is 0 Å². The second kappa shape index (κ2) is 7.81. The highest BCUT2D eigenvalue weighted by molar-refractivity contribution is 7.90. The zero-order valence-electron chi connectivity index (χ0n) is 15.4. The van der Waals surface area contributed by atoms with Gasteiger partial charge in [-0.2, -0.15) is 4.31 Å². The summed E-state index contributed by atoms with van der Waals surface area (Å²) in [5, 5.41) is 0.206. The number of carbonyl (C=O) groups excluding carboxylic acids is 1. The molecule has 0 spiro atoms. The van der Waals surface area contributed by atoms with Crippen molar-refractivity contribution in [2.24, 2.45) is 5.92 Å². The lowest BCUT2D eigenvalue weighted by Gasteiger charge is -2.22. The Morgan fingerprint density at radius 1 is 1.11 bits per heavy atom. The number of likely N-dealkylation sites (tertiary alicyclic amines) is 1. The molecule has 148 valence electrons. The zero-order valence-corrected chi connectivity index (χ0v) is 16.9. The highest BCUT2D eigenvalue weighted by atomic mass is 35.5. The highest BCUT2D eigenvalue weighted by Gasteiger charge is 2.47. The van der Waals surface area contributed by atoms with Crippen molar-refractivity contribution in [2.75, 3.05) is 19.6 Å². The molecule has 0 aliphatic carbocycles. The molecule has 1 aromatic carbocycles. The SMILES string of the molecule is O=C(c1ccccn1)N1CC[C@@H]2CN(Cc3ccc(Cl)cc3)S(=O)(=O)[C@@H]2CC1. The second-order valence-corrected chi connectivity index (χ2v) is 9.94. The molecular formula is C20H22ClN3O3S. The Hall–Kier alpha value is -1.96. The maximum atomic E-state index is 13.1. The molecule has 2 aliphatic heterocycles. The van der Waals surface area contributed by atoms with Crippen LogP contribution in [-0.4, -0.2) is 53.4 Å². The van der Waals surface area contributed by atoms with E-state index < -0.39 is 15.3 Å². The van der Waals surface area contributed by atoms with E-state index in [0.29, 0.717) is 49.7 Å². The van der Waals surface area contributed by atoms with Crippen LogP contribution < -0.4 is 0 Å². The van der Waals surface area contributed by atoms with Crippen LogP contribution in [0.25, 0.3) is 0 Å². The van der Waals surface area contributed by atoms with E-state index in [1.54, 1.807) is 45.7 Å². The van der Waals surface area contributed by atoms with Crippen LogP contribution in [0, 0.1) is 5.92 Å².